The molecule has 22 heteroatoms. The number of hydrogen-bond acceptors (Lipinski definition) is 13. The molecule has 0 unspecified atom stereocenters. The van der Waals surface area contributed by atoms with E-state index in [4.69, 9.17) is 0 Å². The summed E-state index contributed by atoms with van der Waals surface area (Å²) in [5.41, 5.74) is -4.04. The van der Waals surface area contributed by atoms with Gasteiger partial charge < -0.3 is 20.0 Å². The molecule has 0 atom stereocenters. The Morgan fingerprint density at radius 2 is 1.04 bits per heavy atom. The Morgan fingerprint density at radius 1 is 0.646 bits per heavy atom. The molecular formula is C26H14F6N4Na2O8S2. The quantitative estimate of drug-likeness (QED) is 0.0492. The SMILES string of the molecule is O=S(=O)([O-])c1cc(N=Nc2ccc(O)c(C(F)(F)F)c2)ccc1-c1ccc(N=Nc2ccc(O)c(C(F)(F)F)c2)cc1SOO[O-].[Na+].[Na+]. The van der Waals surface area contributed by atoms with Crippen molar-refractivity contribution < 1.29 is 123 Å². The molecule has 0 spiro atoms. The fraction of sp³-hybridized carbons (Fsp3) is 0.0769. The normalized spacial score (nSPS) is 12.2. The Kier molecular flexibility index (Phi) is 14.6. The molecule has 0 aliphatic carbocycles. The van der Waals surface area contributed by atoms with E-state index in [9.17, 15) is 54.8 Å². The van der Waals surface area contributed by atoms with Crippen LogP contribution >= 0.6 is 12.0 Å². The van der Waals surface area contributed by atoms with Gasteiger partial charge >= 0.3 is 71.5 Å². The van der Waals surface area contributed by atoms with Crippen LogP contribution < -0.4 is 64.4 Å². The van der Waals surface area contributed by atoms with Gasteiger partial charge in [0.1, 0.15) is 21.6 Å². The van der Waals surface area contributed by atoms with E-state index in [1.165, 1.54) is 12.1 Å². The topological polar surface area (TPSA) is 189 Å². The summed E-state index contributed by atoms with van der Waals surface area (Å²) in [6.45, 7) is 0. The minimum atomic E-state index is -5.26. The van der Waals surface area contributed by atoms with Gasteiger partial charge in [0.2, 0.25) is 0 Å². The van der Waals surface area contributed by atoms with Crippen molar-refractivity contribution in [3.05, 3.63) is 83.9 Å². The predicted octanol–water partition coefficient (Wildman–Crippen LogP) is 1.78. The van der Waals surface area contributed by atoms with Crippen LogP contribution in [-0.2, 0) is 31.8 Å². The molecule has 0 fully saturated rings. The van der Waals surface area contributed by atoms with Crippen LogP contribution in [0, 0.1) is 0 Å². The number of azo groups is 2. The zero-order valence-corrected chi connectivity index (χ0v) is 29.8. The summed E-state index contributed by atoms with van der Waals surface area (Å²) in [5, 5.41) is 47.5. The average molecular weight is 735 g/mol. The van der Waals surface area contributed by atoms with Gasteiger partial charge in [0.25, 0.3) is 0 Å². The molecule has 0 aliphatic heterocycles. The molecule has 0 saturated heterocycles. The van der Waals surface area contributed by atoms with Crippen LogP contribution in [0.3, 0.4) is 0 Å². The van der Waals surface area contributed by atoms with E-state index in [1.54, 1.807) is 0 Å². The van der Waals surface area contributed by atoms with Crippen molar-refractivity contribution in [1.82, 2.24) is 0 Å². The summed E-state index contributed by atoms with van der Waals surface area (Å²) < 4.78 is 119. The molecule has 4 rings (SSSR count). The van der Waals surface area contributed by atoms with Crippen molar-refractivity contribution in [3.63, 3.8) is 0 Å². The second kappa shape index (κ2) is 16.9. The fourth-order valence-electron chi connectivity index (χ4n) is 3.78. The number of phenols is 2. The van der Waals surface area contributed by atoms with E-state index in [0.29, 0.717) is 12.1 Å². The molecule has 0 aromatic heterocycles. The number of nitrogens with zero attached hydrogens (tertiary/aromatic N) is 4. The van der Waals surface area contributed by atoms with Crippen molar-refractivity contribution in [1.29, 1.82) is 0 Å². The summed E-state index contributed by atoms with van der Waals surface area (Å²) in [4.78, 5) is -0.953. The third-order valence-electron chi connectivity index (χ3n) is 5.77. The zero-order valence-electron chi connectivity index (χ0n) is 24.1. The average Bonchev–Trinajstić information content (AvgIpc) is 2.97. The summed E-state index contributed by atoms with van der Waals surface area (Å²) in [5.74, 6) is -2.09. The summed E-state index contributed by atoms with van der Waals surface area (Å²) in [6.07, 6.45) is -9.79. The number of halogens is 6. The molecule has 0 aliphatic rings. The van der Waals surface area contributed by atoms with Crippen LogP contribution in [0.15, 0.2) is 103 Å². The molecular weight excluding hydrogens is 720 g/mol. The molecule has 0 bridgehead atoms. The first-order valence-electron chi connectivity index (χ1n) is 12.0. The Bertz CT molecular complexity index is 1950. The van der Waals surface area contributed by atoms with Crippen molar-refractivity contribution in [3.8, 4) is 22.6 Å². The number of hydrogen-bond donors (Lipinski definition) is 2. The van der Waals surface area contributed by atoms with Gasteiger partial charge in [-0.3, -0.25) is 5.04 Å². The van der Waals surface area contributed by atoms with Crippen molar-refractivity contribution in [2.24, 2.45) is 20.5 Å². The Hall–Kier alpha value is -2.60. The largest absolute Gasteiger partial charge is 1.00 e. The van der Waals surface area contributed by atoms with E-state index in [0.717, 1.165) is 48.5 Å². The minimum absolute atomic E-state index is 0. The fourth-order valence-corrected chi connectivity index (χ4v) is 5.03. The molecule has 48 heavy (non-hydrogen) atoms. The first-order valence-corrected chi connectivity index (χ1v) is 14.1. The van der Waals surface area contributed by atoms with Gasteiger partial charge in [-0.15, -0.1) is 0 Å². The molecule has 0 heterocycles. The maximum atomic E-state index is 13.1. The molecule has 2 N–H and O–H groups in total. The number of aromatic hydroxyl groups is 2. The first-order chi connectivity index (χ1) is 21.5. The Morgan fingerprint density at radius 3 is 1.46 bits per heavy atom. The Labute approximate surface area is 314 Å². The molecule has 0 saturated carbocycles. The van der Waals surface area contributed by atoms with Gasteiger partial charge in [-0.2, -0.15) is 51.1 Å². The van der Waals surface area contributed by atoms with Crippen LogP contribution in [0.5, 0.6) is 11.5 Å². The number of alkyl halides is 6. The van der Waals surface area contributed by atoms with Crippen LogP contribution in [-0.4, -0.2) is 23.2 Å². The maximum absolute atomic E-state index is 13.1. The van der Waals surface area contributed by atoms with Gasteiger partial charge in [-0.25, -0.2) is 8.42 Å². The van der Waals surface area contributed by atoms with E-state index < -0.39 is 50.0 Å². The summed E-state index contributed by atoms with van der Waals surface area (Å²) in [6, 6.07) is 11.2. The van der Waals surface area contributed by atoms with Gasteiger partial charge in [0, 0.05) is 10.5 Å². The van der Waals surface area contributed by atoms with Gasteiger partial charge in [0.15, 0.2) is 0 Å². The van der Waals surface area contributed by atoms with E-state index >= 15 is 0 Å². The van der Waals surface area contributed by atoms with Crippen LogP contribution in [0.4, 0.5) is 49.1 Å². The monoisotopic (exact) mass is 734 g/mol. The molecule has 0 radical (unpaired) electrons. The third-order valence-corrected chi connectivity index (χ3v) is 7.29. The number of benzene rings is 4. The van der Waals surface area contributed by atoms with E-state index in [-0.39, 0.29) is 110 Å². The minimum Gasteiger partial charge on any atom is -0.744 e. The second-order valence-electron chi connectivity index (χ2n) is 8.83. The molecule has 4 aromatic rings. The van der Waals surface area contributed by atoms with Gasteiger partial charge in [-0.05, 0) is 66.2 Å². The van der Waals surface area contributed by atoms with Crippen LogP contribution in [0.25, 0.3) is 11.1 Å². The number of phenolic OH excluding ortho intramolecular Hbond substituents is 2. The van der Waals surface area contributed by atoms with Crippen molar-refractivity contribution >= 4 is 44.9 Å². The van der Waals surface area contributed by atoms with E-state index in [1.807, 2.05) is 0 Å². The van der Waals surface area contributed by atoms with Crippen molar-refractivity contribution in [2.75, 3.05) is 0 Å². The molecule has 4 aromatic carbocycles. The van der Waals surface area contributed by atoms with Crippen LogP contribution in [0.2, 0.25) is 0 Å². The molecule has 12 nitrogen and oxygen atoms in total. The standard InChI is InChI=1S/C26H16F6N4O8S2.2Na/c27-25(28,29)19-9-13(3-7-21(19)37)33-35-15-1-5-17(23(11-15)45-44-43-39)18-6-2-16(12-24(18)46(40,41)42)36-34-14-4-8-22(38)20(10-14)26(30,31)32;;/h1-12,37-39H,(H,40,41,42);;/q;2*+1/p-2. The van der Waals surface area contributed by atoms with Crippen molar-refractivity contribution in [2.45, 2.75) is 22.1 Å². The van der Waals surface area contributed by atoms with Gasteiger partial charge in [-0.1, -0.05) is 12.1 Å². The smallest absolute Gasteiger partial charge is 0.744 e. The maximum Gasteiger partial charge on any atom is 1.00 e. The Balaban J connectivity index is 0.00000400. The zero-order chi connectivity index (χ0) is 33.9. The first kappa shape index (κ1) is 41.6. The molecule has 242 valence electrons. The van der Waals surface area contributed by atoms with E-state index in [2.05, 4.69) is 29.8 Å². The summed E-state index contributed by atoms with van der Waals surface area (Å²) >= 11 is 0.252. The predicted molar refractivity (Wildman–Crippen MR) is 142 cm³/mol. The van der Waals surface area contributed by atoms with Crippen LogP contribution in [0.1, 0.15) is 11.1 Å². The third kappa shape index (κ3) is 10.7. The second-order valence-corrected chi connectivity index (χ2v) is 10.9. The summed E-state index contributed by atoms with van der Waals surface area (Å²) in [7, 11) is -5.26. The van der Waals surface area contributed by atoms with Gasteiger partial charge in [0.05, 0.1) is 50.8 Å². The number of rotatable bonds is 9. The molecule has 0 amide bonds.